The zero-order valence-electron chi connectivity index (χ0n) is 10.1. The minimum absolute atomic E-state index is 0.171. The molecule has 0 aromatic carbocycles. The number of carbonyl (C=O) groups excluding carboxylic acids is 1. The second-order valence-electron chi connectivity index (χ2n) is 5.54. The topological polar surface area (TPSA) is 26.3 Å². The first-order chi connectivity index (χ1) is 6.73. The van der Waals surface area contributed by atoms with Crippen molar-refractivity contribution in [1.29, 1.82) is 0 Å². The smallest absolute Gasteiger partial charge is 0.303 e. The predicted octanol–water partition coefficient (Wildman–Crippen LogP) is 3.92. The van der Waals surface area contributed by atoms with Gasteiger partial charge in [0.25, 0.3) is 0 Å². The number of alkyl halides is 1. The summed E-state index contributed by atoms with van der Waals surface area (Å²) in [6.07, 6.45) is 4.86. The Bertz CT molecular complexity index is 246. The summed E-state index contributed by atoms with van der Waals surface area (Å²) in [5.41, 5.74) is 0.398. The Morgan fingerprint density at radius 2 is 2.13 bits per heavy atom. The first-order valence-corrected chi connectivity index (χ1v) is 6.69. The van der Waals surface area contributed by atoms with Crippen LogP contribution in [0, 0.1) is 11.3 Å². The Morgan fingerprint density at radius 1 is 1.53 bits per heavy atom. The Morgan fingerprint density at radius 3 is 2.60 bits per heavy atom. The van der Waals surface area contributed by atoms with Gasteiger partial charge in [0.15, 0.2) is 3.61 Å². The zero-order chi connectivity index (χ0) is 11.7. The van der Waals surface area contributed by atoms with Crippen LogP contribution in [0.25, 0.3) is 0 Å². The molecular weight excluding hydrogens is 303 g/mol. The summed E-state index contributed by atoms with van der Waals surface area (Å²) in [6, 6.07) is 0. The molecule has 0 N–H and O–H groups in total. The molecule has 15 heavy (non-hydrogen) atoms. The maximum atomic E-state index is 11.0. The van der Waals surface area contributed by atoms with Crippen LogP contribution in [0.3, 0.4) is 0 Å². The summed E-state index contributed by atoms with van der Waals surface area (Å²) in [5, 5.41) is 0. The lowest BCUT2D eigenvalue weighted by Gasteiger charge is -2.41. The molecule has 0 spiro atoms. The van der Waals surface area contributed by atoms with Gasteiger partial charge in [0.05, 0.1) is 0 Å². The summed E-state index contributed by atoms with van der Waals surface area (Å²) < 4.78 is 5.09. The highest BCUT2D eigenvalue weighted by molar-refractivity contribution is 14.1. The van der Waals surface area contributed by atoms with Gasteiger partial charge in [0, 0.05) is 12.8 Å². The van der Waals surface area contributed by atoms with Crippen molar-refractivity contribution >= 4 is 28.6 Å². The van der Waals surface area contributed by atoms with Crippen LogP contribution >= 0.6 is 22.6 Å². The van der Waals surface area contributed by atoms with E-state index in [1.54, 1.807) is 0 Å². The van der Waals surface area contributed by atoms with Crippen LogP contribution in [-0.4, -0.2) is 9.58 Å². The van der Waals surface area contributed by atoms with Gasteiger partial charge in [-0.05, 0) is 54.2 Å². The first-order valence-electron chi connectivity index (χ1n) is 5.61. The largest absolute Gasteiger partial charge is 0.449 e. The minimum Gasteiger partial charge on any atom is -0.449 e. The summed E-state index contributed by atoms with van der Waals surface area (Å²) in [5.74, 6) is 0.320. The molecular formula is C12H21IO2. The lowest BCUT2D eigenvalue weighted by atomic mass is 9.71. The fraction of sp³-hybridized carbons (Fsp3) is 0.917. The first kappa shape index (κ1) is 13.3. The third kappa shape index (κ3) is 3.93. The third-order valence-electron chi connectivity index (χ3n) is 3.28. The molecule has 1 fully saturated rings. The van der Waals surface area contributed by atoms with Crippen molar-refractivity contribution < 1.29 is 9.53 Å². The molecule has 0 aromatic heterocycles. The van der Waals surface area contributed by atoms with E-state index < -0.39 is 0 Å². The molecule has 1 aliphatic carbocycles. The number of rotatable bonds is 2. The van der Waals surface area contributed by atoms with E-state index in [1.807, 2.05) is 6.92 Å². The summed E-state index contributed by atoms with van der Waals surface area (Å²) in [4.78, 5) is 11.0. The Hall–Kier alpha value is 0.200. The van der Waals surface area contributed by atoms with Gasteiger partial charge in [-0.25, -0.2) is 0 Å². The molecule has 0 heterocycles. The average Bonchev–Trinajstić information content (AvgIpc) is 1.99. The van der Waals surface area contributed by atoms with E-state index in [-0.39, 0.29) is 9.58 Å². The van der Waals surface area contributed by atoms with Gasteiger partial charge in [-0.3, -0.25) is 4.79 Å². The van der Waals surface area contributed by atoms with E-state index in [1.165, 1.54) is 26.2 Å². The number of esters is 1. The van der Waals surface area contributed by atoms with Crippen molar-refractivity contribution in [2.75, 3.05) is 0 Å². The molecule has 1 rings (SSSR count). The van der Waals surface area contributed by atoms with Crippen LogP contribution in [0.2, 0.25) is 0 Å². The summed E-state index contributed by atoms with van der Waals surface area (Å²) in [7, 11) is 0. The van der Waals surface area contributed by atoms with Gasteiger partial charge < -0.3 is 4.74 Å². The molecule has 88 valence electrons. The third-order valence-corrected chi connectivity index (χ3v) is 4.38. The number of hydrogen-bond donors (Lipinski definition) is 0. The highest BCUT2D eigenvalue weighted by Gasteiger charge is 2.40. The highest BCUT2D eigenvalue weighted by Crippen LogP contribution is 2.46. The summed E-state index contributed by atoms with van der Waals surface area (Å²) >= 11 is 2.28. The molecule has 3 heteroatoms. The maximum Gasteiger partial charge on any atom is 0.303 e. The number of ether oxygens (including phenoxy) is 1. The monoisotopic (exact) mass is 324 g/mol. The van der Waals surface area contributed by atoms with Crippen molar-refractivity contribution in [2.24, 2.45) is 11.3 Å². The molecule has 0 radical (unpaired) electrons. The van der Waals surface area contributed by atoms with Gasteiger partial charge in [0.2, 0.25) is 0 Å². The van der Waals surface area contributed by atoms with Gasteiger partial charge in [-0.2, -0.15) is 0 Å². The fourth-order valence-corrected chi connectivity index (χ4v) is 3.34. The lowest BCUT2D eigenvalue weighted by Crippen LogP contribution is -2.38. The van der Waals surface area contributed by atoms with Crippen molar-refractivity contribution in [3.8, 4) is 0 Å². The van der Waals surface area contributed by atoms with Gasteiger partial charge >= 0.3 is 5.97 Å². The highest BCUT2D eigenvalue weighted by atomic mass is 127. The van der Waals surface area contributed by atoms with Gasteiger partial charge in [-0.1, -0.05) is 20.3 Å². The van der Waals surface area contributed by atoms with Crippen LogP contribution in [0.5, 0.6) is 0 Å². The number of halogens is 1. The average molecular weight is 324 g/mol. The normalized spacial score (nSPS) is 29.3. The molecule has 2 unspecified atom stereocenters. The quantitative estimate of drug-likeness (QED) is 0.437. The van der Waals surface area contributed by atoms with Crippen LogP contribution in [-0.2, 0) is 9.53 Å². The van der Waals surface area contributed by atoms with Crippen LogP contribution in [0.15, 0.2) is 0 Å². The zero-order valence-corrected chi connectivity index (χ0v) is 12.3. The SMILES string of the molecule is CC(=O)OC(C)(I)C1CCCC(C)(C)C1. The van der Waals surface area contributed by atoms with Crippen molar-refractivity contribution in [1.82, 2.24) is 0 Å². The van der Waals surface area contributed by atoms with E-state index in [9.17, 15) is 4.79 Å². The molecule has 0 aromatic rings. The van der Waals surface area contributed by atoms with Gasteiger partial charge in [0.1, 0.15) is 0 Å². The second-order valence-corrected chi connectivity index (χ2v) is 7.68. The number of carbonyl (C=O) groups is 1. The molecule has 1 saturated carbocycles. The standard InChI is InChI=1S/C12H21IO2/c1-9(14)15-12(4,13)10-6-5-7-11(2,3)8-10/h10H,5-8H2,1-4H3. The fourth-order valence-electron chi connectivity index (χ4n) is 2.50. The van der Waals surface area contributed by atoms with E-state index in [4.69, 9.17) is 4.74 Å². The summed E-state index contributed by atoms with van der Waals surface area (Å²) in [6.45, 7) is 8.13. The lowest BCUT2D eigenvalue weighted by molar-refractivity contribution is -0.151. The Kier molecular flexibility index (Phi) is 4.07. The molecule has 1 aliphatic rings. The molecule has 2 nitrogen and oxygen atoms in total. The van der Waals surface area contributed by atoms with Crippen LogP contribution in [0.4, 0.5) is 0 Å². The van der Waals surface area contributed by atoms with Crippen molar-refractivity contribution in [3.63, 3.8) is 0 Å². The van der Waals surface area contributed by atoms with Gasteiger partial charge in [-0.15, -0.1) is 0 Å². The van der Waals surface area contributed by atoms with Crippen molar-refractivity contribution in [3.05, 3.63) is 0 Å². The minimum atomic E-state index is -0.332. The van der Waals surface area contributed by atoms with E-state index in [0.717, 1.165) is 6.42 Å². The van der Waals surface area contributed by atoms with E-state index in [0.29, 0.717) is 11.3 Å². The Balaban J connectivity index is 2.66. The second kappa shape index (κ2) is 4.60. The predicted molar refractivity (Wildman–Crippen MR) is 69.9 cm³/mol. The molecule has 0 amide bonds. The molecule has 2 atom stereocenters. The van der Waals surface area contributed by atoms with Crippen molar-refractivity contribution in [2.45, 2.75) is 57.0 Å². The van der Waals surface area contributed by atoms with E-state index in [2.05, 4.69) is 36.4 Å². The molecule has 0 bridgehead atoms. The maximum absolute atomic E-state index is 11.0. The van der Waals surface area contributed by atoms with E-state index >= 15 is 0 Å². The number of hydrogen-bond acceptors (Lipinski definition) is 2. The van der Waals surface area contributed by atoms with Crippen LogP contribution < -0.4 is 0 Å². The molecule has 0 saturated heterocycles. The molecule has 0 aliphatic heterocycles. The Labute approximate surface area is 106 Å². The van der Waals surface area contributed by atoms with Crippen LogP contribution in [0.1, 0.15) is 53.4 Å².